The van der Waals surface area contributed by atoms with Crippen molar-refractivity contribution in [3.05, 3.63) is 0 Å². The average molecular weight is 284 g/mol. The normalized spacial score (nSPS) is 12.8. The number of aliphatic hydroxyl groups is 1. The minimum Gasteiger partial charge on any atom is -0.393 e. The van der Waals surface area contributed by atoms with Crippen LogP contribution in [0.15, 0.2) is 0 Å². The number of ketones is 1. The van der Waals surface area contributed by atoms with E-state index in [9.17, 15) is 9.90 Å². The summed E-state index contributed by atoms with van der Waals surface area (Å²) in [4.78, 5) is 10.8. The summed E-state index contributed by atoms with van der Waals surface area (Å²) in [6.07, 6.45) is 13.9. The predicted octanol–water partition coefficient (Wildman–Crippen LogP) is 5.27. The number of Topliss-reactive ketones (excluding diaryl/α,β-unsaturated/α-hetero) is 1. The molecule has 2 nitrogen and oxygen atoms in total. The van der Waals surface area contributed by atoms with Gasteiger partial charge in [-0.1, -0.05) is 78.1 Å². The van der Waals surface area contributed by atoms with E-state index in [2.05, 4.69) is 13.8 Å². The van der Waals surface area contributed by atoms with Gasteiger partial charge in [-0.15, -0.1) is 0 Å². The molecule has 0 saturated heterocycles. The largest absolute Gasteiger partial charge is 0.393 e. The van der Waals surface area contributed by atoms with Crippen LogP contribution in [0.5, 0.6) is 0 Å². The van der Waals surface area contributed by atoms with E-state index in [1.165, 1.54) is 57.8 Å². The molecule has 2 heteroatoms. The lowest BCUT2D eigenvalue weighted by atomic mass is 10.0. The minimum absolute atomic E-state index is 0.0926. The minimum atomic E-state index is -0.409. The number of hydrogen-bond donors (Lipinski definition) is 1. The van der Waals surface area contributed by atoms with Crippen molar-refractivity contribution in [2.45, 2.75) is 104 Å². The first kappa shape index (κ1) is 19.6. The molecule has 0 aromatic rings. The Balaban J connectivity index is 3.11. The number of hydrogen-bond acceptors (Lipinski definition) is 2. The van der Waals surface area contributed by atoms with Crippen LogP contribution >= 0.6 is 0 Å². The summed E-state index contributed by atoms with van der Waals surface area (Å²) in [6, 6.07) is 0. The summed E-state index contributed by atoms with van der Waals surface area (Å²) in [5.41, 5.74) is 0. The number of carbonyl (C=O) groups excluding carboxylic acids is 1. The number of carbonyl (C=O) groups is 1. The van der Waals surface area contributed by atoms with Gasteiger partial charge in [-0.3, -0.25) is 4.79 Å². The molecule has 0 aliphatic carbocycles. The van der Waals surface area contributed by atoms with Crippen LogP contribution < -0.4 is 0 Å². The fourth-order valence-electron chi connectivity index (χ4n) is 2.60. The van der Waals surface area contributed by atoms with E-state index in [4.69, 9.17) is 0 Å². The maximum absolute atomic E-state index is 10.8. The third kappa shape index (κ3) is 15.7. The van der Waals surface area contributed by atoms with Gasteiger partial charge in [-0.25, -0.2) is 0 Å². The van der Waals surface area contributed by atoms with Gasteiger partial charge in [-0.05, 0) is 19.3 Å². The van der Waals surface area contributed by atoms with Crippen molar-refractivity contribution in [3.8, 4) is 0 Å². The van der Waals surface area contributed by atoms with Gasteiger partial charge in [0.2, 0.25) is 0 Å². The van der Waals surface area contributed by atoms with Crippen molar-refractivity contribution in [2.75, 3.05) is 0 Å². The Kier molecular flexibility index (Phi) is 13.4. The summed E-state index contributed by atoms with van der Waals surface area (Å²) in [5.74, 6) is 0.948. The first-order valence-corrected chi connectivity index (χ1v) is 8.70. The Morgan fingerprint density at radius 2 is 1.20 bits per heavy atom. The number of rotatable bonds is 14. The molecule has 120 valence electrons. The van der Waals surface area contributed by atoms with Crippen LogP contribution in [-0.4, -0.2) is 17.0 Å². The summed E-state index contributed by atoms with van der Waals surface area (Å²) in [7, 11) is 0. The van der Waals surface area contributed by atoms with Gasteiger partial charge in [0.25, 0.3) is 0 Å². The third-order valence-electron chi connectivity index (χ3n) is 3.84. The zero-order valence-corrected chi connectivity index (χ0v) is 14.0. The lowest BCUT2D eigenvalue weighted by Crippen LogP contribution is -2.10. The lowest BCUT2D eigenvalue weighted by molar-refractivity contribution is -0.118. The highest BCUT2D eigenvalue weighted by atomic mass is 16.3. The molecule has 20 heavy (non-hydrogen) atoms. The molecule has 1 N–H and O–H groups in total. The first-order chi connectivity index (χ1) is 9.52. The fraction of sp³-hybridized carbons (Fsp3) is 0.944. The Morgan fingerprint density at radius 1 is 0.800 bits per heavy atom. The summed E-state index contributed by atoms with van der Waals surface area (Å²) >= 11 is 0. The van der Waals surface area contributed by atoms with Crippen LogP contribution in [0.4, 0.5) is 0 Å². The van der Waals surface area contributed by atoms with E-state index >= 15 is 0 Å². The van der Waals surface area contributed by atoms with Gasteiger partial charge in [0.05, 0.1) is 6.10 Å². The summed E-state index contributed by atoms with van der Waals surface area (Å²) in [6.45, 7) is 6.14. The molecule has 0 aromatic heterocycles. The van der Waals surface area contributed by atoms with Crippen LogP contribution in [0.3, 0.4) is 0 Å². The zero-order chi connectivity index (χ0) is 15.2. The molecule has 0 unspecified atom stereocenters. The van der Waals surface area contributed by atoms with Crippen LogP contribution in [0.1, 0.15) is 97.8 Å². The Bertz CT molecular complexity index is 223. The second kappa shape index (κ2) is 13.6. The van der Waals surface area contributed by atoms with Crippen molar-refractivity contribution in [1.82, 2.24) is 0 Å². The molecule has 0 spiro atoms. The van der Waals surface area contributed by atoms with Gasteiger partial charge < -0.3 is 5.11 Å². The van der Waals surface area contributed by atoms with Crippen LogP contribution in [0, 0.1) is 5.92 Å². The Labute approximate surface area is 126 Å². The summed E-state index contributed by atoms with van der Waals surface area (Å²) in [5, 5.41) is 9.56. The van der Waals surface area contributed by atoms with Crippen molar-refractivity contribution in [3.63, 3.8) is 0 Å². The van der Waals surface area contributed by atoms with Crippen molar-refractivity contribution in [2.24, 2.45) is 5.92 Å². The Morgan fingerprint density at radius 3 is 1.60 bits per heavy atom. The molecule has 0 heterocycles. The molecule has 0 aliphatic rings. The van der Waals surface area contributed by atoms with E-state index in [1.54, 1.807) is 6.92 Å². The van der Waals surface area contributed by atoms with Gasteiger partial charge in [0.1, 0.15) is 5.78 Å². The monoisotopic (exact) mass is 284 g/mol. The van der Waals surface area contributed by atoms with Gasteiger partial charge >= 0.3 is 0 Å². The molecular weight excluding hydrogens is 248 g/mol. The third-order valence-corrected chi connectivity index (χ3v) is 3.84. The van der Waals surface area contributed by atoms with E-state index in [1.807, 2.05) is 0 Å². The predicted molar refractivity (Wildman–Crippen MR) is 86.9 cm³/mol. The van der Waals surface area contributed by atoms with E-state index < -0.39 is 6.10 Å². The van der Waals surface area contributed by atoms with Crippen molar-refractivity contribution < 1.29 is 9.90 Å². The highest BCUT2D eigenvalue weighted by Gasteiger charge is 2.06. The van der Waals surface area contributed by atoms with E-state index in [0.29, 0.717) is 6.42 Å². The number of unbranched alkanes of at least 4 members (excludes halogenated alkanes) is 8. The highest BCUT2D eigenvalue weighted by Crippen LogP contribution is 2.14. The maximum Gasteiger partial charge on any atom is 0.132 e. The van der Waals surface area contributed by atoms with E-state index in [-0.39, 0.29) is 5.78 Å². The molecule has 0 saturated carbocycles. The van der Waals surface area contributed by atoms with E-state index in [0.717, 1.165) is 18.8 Å². The topological polar surface area (TPSA) is 37.3 Å². The second-order valence-corrected chi connectivity index (χ2v) is 6.71. The maximum atomic E-state index is 10.8. The number of aliphatic hydroxyl groups excluding tert-OH is 1. The average Bonchev–Trinajstić information content (AvgIpc) is 2.34. The zero-order valence-electron chi connectivity index (χ0n) is 14.0. The van der Waals surface area contributed by atoms with Crippen LogP contribution in [0.2, 0.25) is 0 Å². The fourth-order valence-corrected chi connectivity index (χ4v) is 2.60. The smallest absolute Gasteiger partial charge is 0.132 e. The van der Waals surface area contributed by atoms with Crippen LogP contribution in [0.25, 0.3) is 0 Å². The quantitative estimate of drug-likeness (QED) is 0.441. The van der Waals surface area contributed by atoms with Gasteiger partial charge in [0.15, 0.2) is 0 Å². The molecule has 0 radical (unpaired) electrons. The van der Waals surface area contributed by atoms with Gasteiger partial charge in [-0.2, -0.15) is 0 Å². The molecular formula is C18H36O2. The van der Waals surface area contributed by atoms with Crippen LogP contribution in [-0.2, 0) is 4.79 Å². The molecule has 0 fully saturated rings. The SMILES string of the molecule is CC(=O)C[C@H](O)CCCCCCCCCCCC(C)C. The summed E-state index contributed by atoms with van der Waals surface area (Å²) < 4.78 is 0. The van der Waals surface area contributed by atoms with Crippen molar-refractivity contribution >= 4 is 5.78 Å². The highest BCUT2D eigenvalue weighted by molar-refractivity contribution is 5.75. The lowest BCUT2D eigenvalue weighted by Gasteiger charge is -2.08. The van der Waals surface area contributed by atoms with Gasteiger partial charge in [0, 0.05) is 6.42 Å². The molecule has 1 atom stereocenters. The first-order valence-electron chi connectivity index (χ1n) is 8.70. The molecule has 0 bridgehead atoms. The Hall–Kier alpha value is -0.370. The standard InChI is InChI=1S/C18H36O2/c1-16(2)13-11-9-7-5-4-6-8-10-12-14-18(20)15-17(3)19/h16,18,20H,4-15H2,1-3H3/t18-/m1/s1. The van der Waals surface area contributed by atoms with Crippen molar-refractivity contribution in [1.29, 1.82) is 0 Å². The molecule has 0 aliphatic heterocycles. The second-order valence-electron chi connectivity index (χ2n) is 6.71. The molecule has 0 aromatic carbocycles. The molecule has 0 amide bonds. The molecule has 0 rings (SSSR count).